The van der Waals surface area contributed by atoms with Gasteiger partial charge in [0.25, 0.3) is 0 Å². The molecular weight excluding hydrogens is 222 g/mol. The van der Waals surface area contributed by atoms with E-state index in [1.165, 1.54) is 0 Å². The topological polar surface area (TPSA) is 40.9 Å². The van der Waals surface area contributed by atoms with Gasteiger partial charge in [-0.15, -0.1) is 0 Å². The summed E-state index contributed by atoms with van der Waals surface area (Å²) >= 11 is 0. The molecule has 0 spiro atoms. The van der Waals surface area contributed by atoms with Crippen LogP contribution in [0.3, 0.4) is 0 Å². The second kappa shape index (κ2) is 5.01. The van der Waals surface area contributed by atoms with Crippen molar-refractivity contribution in [2.75, 3.05) is 0 Å². The molecule has 2 atom stereocenters. The maximum Gasteiger partial charge on any atom is 0.144 e. The molecule has 2 unspecified atom stereocenters. The van der Waals surface area contributed by atoms with Crippen LogP contribution in [-0.4, -0.2) is 5.78 Å². The average molecular weight is 237 g/mol. The number of nitriles is 1. The van der Waals surface area contributed by atoms with Gasteiger partial charge in [0.05, 0.1) is 11.5 Å². The second-order valence-corrected chi connectivity index (χ2v) is 4.50. The summed E-state index contributed by atoms with van der Waals surface area (Å²) in [7, 11) is 0. The zero-order chi connectivity index (χ0) is 13.0. The van der Waals surface area contributed by atoms with E-state index in [0.29, 0.717) is 6.42 Å². The molecule has 0 bridgehead atoms. The zero-order valence-corrected chi connectivity index (χ0v) is 10.3. The molecule has 0 heterocycles. The van der Waals surface area contributed by atoms with E-state index >= 15 is 0 Å². The summed E-state index contributed by atoms with van der Waals surface area (Å²) in [5, 5.41) is 8.96. The third-order valence-electron chi connectivity index (χ3n) is 3.54. The SMILES string of the molecule is CC(=O)C1(c2ccccc2)C=CC=CC1CC#N. The van der Waals surface area contributed by atoms with Gasteiger partial charge in [-0.25, -0.2) is 0 Å². The normalized spacial score (nSPS) is 25.7. The van der Waals surface area contributed by atoms with Gasteiger partial charge in [-0.05, 0) is 12.5 Å². The predicted octanol–water partition coefficient (Wildman–Crippen LogP) is 3.17. The molecule has 1 aliphatic rings. The number of carbonyl (C=O) groups is 1. The van der Waals surface area contributed by atoms with Crippen molar-refractivity contribution in [2.24, 2.45) is 5.92 Å². The van der Waals surface area contributed by atoms with E-state index in [4.69, 9.17) is 5.26 Å². The lowest BCUT2D eigenvalue weighted by atomic mass is 9.65. The lowest BCUT2D eigenvalue weighted by Crippen LogP contribution is -2.40. The molecule has 0 amide bonds. The van der Waals surface area contributed by atoms with Gasteiger partial charge in [0.15, 0.2) is 0 Å². The van der Waals surface area contributed by atoms with E-state index < -0.39 is 5.41 Å². The molecule has 90 valence electrons. The monoisotopic (exact) mass is 237 g/mol. The van der Waals surface area contributed by atoms with Gasteiger partial charge in [0.2, 0.25) is 0 Å². The summed E-state index contributed by atoms with van der Waals surface area (Å²) in [6.45, 7) is 1.60. The van der Waals surface area contributed by atoms with Gasteiger partial charge in [-0.1, -0.05) is 54.6 Å². The van der Waals surface area contributed by atoms with E-state index in [2.05, 4.69) is 6.07 Å². The molecule has 1 aliphatic carbocycles. The van der Waals surface area contributed by atoms with Gasteiger partial charge < -0.3 is 0 Å². The summed E-state index contributed by atoms with van der Waals surface area (Å²) in [6, 6.07) is 11.9. The van der Waals surface area contributed by atoms with Crippen LogP contribution in [0.25, 0.3) is 0 Å². The summed E-state index contributed by atoms with van der Waals surface area (Å²) in [4.78, 5) is 12.2. The number of nitrogens with zero attached hydrogens (tertiary/aromatic N) is 1. The smallest absolute Gasteiger partial charge is 0.144 e. The van der Waals surface area contributed by atoms with Gasteiger partial charge in [0.1, 0.15) is 5.78 Å². The van der Waals surface area contributed by atoms with Crippen LogP contribution in [0.1, 0.15) is 18.9 Å². The standard InChI is InChI=1S/C16H15NO/c1-13(18)16(14-7-3-2-4-8-14)11-6-5-9-15(16)10-12-17/h2-9,11,15H,10H2,1H3. The van der Waals surface area contributed by atoms with Crippen molar-refractivity contribution < 1.29 is 4.79 Å². The Balaban J connectivity index is 2.57. The first-order chi connectivity index (χ1) is 8.71. The first kappa shape index (κ1) is 12.3. The molecule has 2 heteroatoms. The molecule has 0 N–H and O–H groups in total. The van der Waals surface area contributed by atoms with Crippen LogP contribution in [0, 0.1) is 17.2 Å². The van der Waals surface area contributed by atoms with E-state index in [1.54, 1.807) is 6.92 Å². The summed E-state index contributed by atoms with van der Waals surface area (Å²) in [5.74, 6) is -0.0121. The Kier molecular flexibility index (Phi) is 3.43. The average Bonchev–Trinajstić information content (AvgIpc) is 2.40. The molecular formula is C16H15NO. The number of hydrogen-bond donors (Lipinski definition) is 0. The third-order valence-corrected chi connectivity index (χ3v) is 3.54. The molecule has 0 saturated carbocycles. The number of ketones is 1. The van der Waals surface area contributed by atoms with Crippen molar-refractivity contribution in [1.82, 2.24) is 0 Å². The molecule has 0 aliphatic heterocycles. The molecule has 1 aromatic rings. The minimum Gasteiger partial charge on any atom is -0.299 e. The number of Topliss-reactive ketones (excluding diaryl/α,β-unsaturated/α-hetero) is 1. The van der Waals surface area contributed by atoms with E-state index in [1.807, 2.05) is 54.6 Å². The minimum absolute atomic E-state index is 0.0783. The zero-order valence-electron chi connectivity index (χ0n) is 10.3. The Morgan fingerprint density at radius 3 is 2.67 bits per heavy atom. The van der Waals surface area contributed by atoms with Gasteiger partial charge in [-0.2, -0.15) is 5.26 Å². The molecule has 0 saturated heterocycles. The number of rotatable bonds is 3. The van der Waals surface area contributed by atoms with E-state index in [9.17, 15) is 4.79 Å². The quantitative estimate of drug-likeness (QED) is 0.810. The first-order valence-electron chi connectivity index (χ1n) is 6.01. The fourth-order valence-corrected chi connectivity index (χ4v) is 2.61. The van der Waals surface area contributed by atoms with Crippen LogP contribution < -0.4 is 0 Å². The van der Waals surface area contributed by atoms with Crippen molar-refractivity contribution >= 4 is 5.78 Å². The Bertz CT molecular complexity index is 536. The predicted molar refractivity (Wildman–Crippen MR) is 70.8 cm³/mol. The Labute approximate surface area is 107 Å². The Morgan fingerprint density at radius 2 is 2.06 bits per heavy atom. The molecule has 2 nitrogen and oxygen atoms in total. The Hall–Kier alpha value is -2.14. The van der Waals surface area contributed by atoms with Crippen LogP contribution in [-0.2, 0) is 10.2 Å². The van der Waals surface area contributed by atoms with Gasteiger partial charge >= 0.3 is 0 Å². The van der Waals surface area contributed by atoms with Crippen molar-refractivity contribution in [3.05, 3.63) is 60.2 Å². The lowest BCUT2D eigenvalue weighted by Gasteiger charge is -2.36. The molecule has 2 rings (SSSR count). The van der Waals surface area contributed by atoms with Gasteiger partial charge in [0, 0.05) is 12.3 Å². The highest BCUT2D eigenvalue weighted by atomic mass is 16.1. The summed E-state index contributed by atoms with van der Waals surface area (Å²) in [5.41, 5.74) is 0.268. The molecule has 0 fully saturated rings. The van der Waals surface area contributed by atoms with Crippen molar-refractivity contribution in [3.8, 4) is 6.07 Å². The van der Waals surface area contributed by atoms with Gasteiger partial charge in [-0.3, -0.25) is 4.79 Å². The number of carbonyl (C=O) groups excluding carboxylic acids is 1. The highest BCUT2D eigenvalue weighted by Crippen LogP contribution is 2.39. The second-order valence-electron chi connectivity index (χ2n) is 4.50. The summed E-state index contributed by atoms with van der Waals surface area (Å²) < 4.78 is 0. The number of benzene rings is 1. The van der Waals surface area contributed by atoms with Crippen LogP contribution in [0.2, 0.25) is 0 Å². The molecule has 1 aromatic carbocycles. The Morgan fingerprint density at radius 1 is 1.33 bits per heavy atom. The number of allylic oxidation sites excluding steroid dienone is 4. The molecule has 18 heavy (non-hydrogen) atoms. The highest BCUT2D eigenvalue weighted by molar-refractivity contribution is 5.91. The van der Waals surface area contributed by atoms with Crippen molar-refractivity contribution in [2.45, 2.75) is 18.8 Å². The number of hydrogen-bond acceptors (Lipinski definition) is 2. The van der Waals surface area contributed by atoms with Crippen LogP contribution in [0.4, 0.5) is 0 Å². The lowest BCUT2D eigenvalue weighted by molar-refractivity contribution is -0.122. The molecule has 0 radical (unpaired) electrons. The summed E-state index contributed by atoms with van der Waals surface area (Å²) in [6.07, 6.45) is 8.02. The maximum absolute atomic E-state index is 12.2. The van der Waals surface area contributed by atoms with Crippen molar-refractivity contribution in [1.29, 1.82) is 5.26 Å². The third kappa shape index (κ3) is 1.89. The van der Waals surface area contributed by atoms with Crippen molar-refractivity contribution in [3.63, 3.8) is 0 Å². The first-order valence-corrected chi connectivity index (χ1v) is 6.01. The minimum atomic E-state index is -0.689. The highest BCUT2D eigenvalue weighted by Gasteiger charge is 2.42. The maximum atomic E-state index is 12.2. The van der Waals surface area contributed by atoms with Crippen LogP contribution in [0.15, 0.2) is 54.6 Å². The van der Waals surface area contributed by atoms with E-state index in [-0.39, 0.29) is 11.7 Å². The van der Waals surface area contributed by atoms with E-state index in [0.717, 1.165) is 5.56 Å². The van der Waals surface area contributed by atoms with Crippen LogP contribution in [0.5, 0.6) is 0 Å². The van der Waals surface area contributed by atoms with Crippen LogP contribution >= 0.6 is 0 Å². The molecule has 0 aromatic heterocycles. The largest absolute Gasteiger partial charge is 0.299 e. The fourth-order valence-electron chi connectivity index (χ4n) is 2.61. The fraction of sp³-hybridized carbons (Fsp3) is 0.250.